The third kappa shape index (κ3) is 25.3. The molecule has 2 atom stereocenters. The third-order valence-electron chi connectivity index (χ3n) is 6.48. The van der Waals surface area contributed by atoms with E-state index in [1.807, 2.05) is 81.9 Å². The molecule has 0 rings (SSSR count). The topological polar surface area (TPSA) is 99.1 Å². The molecule has 2 unspecified atom stereocenters. The van der Waals surface area contributed by atoms with Gasteiger partial charge in [0.05, 0.1) is 34.4 Å². The summed E-state index contributed by atoms with van der Waals surface area (Å²) in [4.78, 5) is 36.4. The molecule has 0 spiro atoms. The number of esters is 2. The molecule has 0 saturated carbocycles. The number of carboxylic acids is 1. The first kappa shape index (κ1) is 40.8. The van der Waals surface area contributed by atoms with Gasteiger partial charge in [0.1, 0.15) is 6.61 Å². The number of carboxylic acid groups (broad SMARTS) is 1. The van der Waals surface area contributed by atoms with Gasteiger partial charge in [0.15, 0.2) is 12.1 Å². The molecule has 0 amide bonds. The maximum absolute atomic E-state index is 12.5. The summed E-state index contributed by atoms with van der Waals surface area (Å²) in [7, 11) is 5.45. The minimum Gasteiger partial charge on any atom is -0.477 e. The van der Waals surface area contributed by atoms with Crippen LogP contribution >= 0.6 is 0 Å². The molecule has 0 aliphatic carbocycles. The summed E-state index contributed by atoms with van der Waals surface area (Å²) in [6.07, 6.45) is 31.3. The zero-order valence-electron chi connectivity index (χ0n) is 27.8. The van der Waals surface area contributed by atoms with Crippen LogP contribution in [0, 0.1) is 0 Å². The number of allylic oxidation sites excluding steroid dienone is 12. The number of quaternary nitrogens is 1. The number of aliphatic carboxylic acids is 1. The van der Waals surface area contributed by atoms with Gasteiger partial charge in [0.25, 0.3) is 0 Å². The van der Waals surface area contributed by atoms with Crippen molar-refractivity contribution in [2.75, 3.05) is 41.0 Å². The highest BCUT2D eigenvalue weighted by Crippen LogP contribution is 2.10. The van der Waals surface area contributed by atoms with Crippen molar-refractivity contribution < 1.29 is 38.2 Å². The van der Waals surface area contributed by atoms with Crippen molar-refractivity contribution in [3.05, 3.63) is 72.9 Å². The summed E-state index contributed by atoms with van der Waals surface area (Å²) in [5, 5.41) is 9.52. The predicted octanol–water partition coefficient (Wildman–Crippen LogP) is 7.29. The van der Waals surface area contributed by atoms with Crippen molar-refractivity contribution in [3.63, 3.8) is 0 Å². The first-order valence-electron chi connectivity index (χ1n) is 16.0. The van der Waals surface area contributed by atoms with Crippen LogP contribution in [0.3, 0.4) is 0 Å². The maximum atomic E-state index is 12.5. The van der Waals surface area contributed by atoms with E-state index in [1.54, 1.807) is 0 Å². The second-order valence-corrected chi connectivity index (χ2v) is 11.4. The van der Waals surface area contributed by atoms with Gasteiger partial charge in [-0.3, -0.25) is 9.59 Å². The van der Waals surface area contributed by atoms with Crippen LogP contribution in [0.15, 0.2) is 72.9 Å². The van der Waals surface area contributed by atoms with Crippen molar-refractivity contribution in [3.8, 4) is 0 Å². The molecule has 0 fully saturated rings. The van der Waals surface area contributed by atoms with Crippen LogP contribution in [-0.2, 0) is 28.6 Å². The molecule has 1 N–H and O–H groups in total. The Bertz CT molecular complexity index is 954. The molecular formula is C36H58NO7+. The second-order valence-electron chi connectivity index (χ2n) is 11.4. The van der Waals surface area contributed by atoms with E-state index in [9.17, 15) is 19.5 Å². The van der Waals surface area contributed by atoms with Crippen LogP contribution in [0.2, 0.25) is 0 Å². The number of carbonyl (C=O) groups excluding carboxylic acids is 2. The van der Waals surface area contributed by atoms with E-state index in [0.29, 0.717) is 25.7 Å². The Hall–Kier alpha value is -3.23. The summed E-state index contributed by atoms with van der Waals surface area (Å²) in [5.74, 6) is -1.65. The minimum absolute atomic E-state index is 0.0160. The van der Waals surface area contributed by atoms with E-state index in [-0.39, 0.29) is 43.1 Å². The van der Waals surface area contributed by atoms with Crippen molar-refractivity contribution in [1.29, 1.82) is 0 Å². The molecule has 8 heteroatoms. The standard InChI is InChI=1S/C36H57NO7/c1-6-8-10-12-14-15-16-17-18-19-21-23-25-27-35(39)44-32(30-42-29-28-33(36(40)41)37(3,4)5)31-43-34(38)26-24-22-20-13-11-9-7-2/h8,10,12,14-22,32-33H,6-7,9,11,13,23-31H2,1-5H3/p+1/b10-8+,14-12+,16-15+,18-17+,21-19+,22-20+. The molecule has 0 aromatic heterocycles. The van der Waals surface area contributed by atoms with Gasteiger partial charge in [-0.25, -0.2) is 4.79 Å². The van der Waals surface area contributed by atoms with E-state index < -0.39 is 24.1 Å². The first-order chi connectivity index (χ1) is 21.1. The minimum atomic E-state index is -0.897. The highest BCUT2D eigenvalue weighted by molar-refractivity contribution is 5.72. The number of hydrogen-bond acceptors (Lipinski definition) is 6. The lowest BCUT2D eigenvalue weighted by atomic mass is 10.1. The van der Waals surface area contributed by atoms with E-state index in [0.717, 1.165) is 19.3 Å². The van der Waals surface area contributed by atoms with Crippen molar-refractivity contribution >= 4 is 17.9 Å². The van der Waals surface area contributed by atoms with Gasteiger partial charge in [-0.05, 0) is 38.5 Å². The molecule has 0 aromatic carbocycles. The fourth-order valence-electron chi connectivity index (χ4n) is 3.96. The molecule has 0 heterocycles. The van der Waals surface area contributed by atoms with Crippen molar-refractivity contribution in [2.45, 2.75) is 96.6 Å². The van der Waals surface area contributed by atoms with Crippen LogP contribution in [0.25, 0.3) is 0 Å². The normalized spacial score (nSPS) is 14.1. The number of ether oxygens (including phenoxy) is 3. The monoisotopic (exact) mass is 616 g/mol. The van der Waals surface area contributed by atoms with Crippen LogP contribution < -0.4 is 0 Å². The van der Waals surface area contributed by atoms with E-state index in [1.165, 1.54) is 12.8 Å². The van der Waals surface area contributed by atoms with E-state index in [2.05, 4.69) is 26.0 Å². The Morgan fingerprint density at radius 3 is 1.93 bits per heavy atom. The second kappa shape index (κ2) is 27.3. The number of nitrogens with zero attached hydrogens (tertiary/aromatic N) is 1. The van der Waals surface area contributed by atoms with Gasteiger partial charge in [-0.2, -0.15) is 0 Å². The Labute approximate surface area is 266 Å². The SMILES string of the molecule is CC/C=C/C=C/C=C/C=C/C=C/CCCC(=O)OC(COCCC(C(=O)O)[N+](C)(C)C)COC(=O)CC/C=C/CCCCC. The number of unbranched alkanes of at least 4 members (excludes halogenated alkanes) is 4. The molecule has 248 valence electrons. The van der Waals surface area contributed by atoms with E-state index in [4.69, 9.17) is 14.2 Å². The average molecular weight is 617 g/mol. The fourth-order valence-corrected chi connectivity index (χ4v) is 3.96. The van der Waals surface area contributed by atoms with Crippen LogP contribution in [-0.4, -0.2) is 80.6 Å². The van der Waals surface area contributed by atoms with E-state index >= 15 is 0 Å². The van der Waals surface area contributed by atoms with Crippen molar-refractivity contribution in [1.82, 2.24) is 0 Å². The number of rotatable bonds is 26. The molecule has 0 radical (unpaired) electrons. The number of likely N-dealkylation sites (N-methyl/N-ethyl adjacent to an activating group) is 1. The molecule has 0 aromatic rings. The summed E-state index contributed by atoms with van der Waals surface area (Å²) >= 11 is 0. The quantitative estimate of drug-likeness (QED) is 0.0358. The Kier molecular flexibility index (Phi) is 25.3. The molecule has 0 bridgehead atoms. The summed E-state index contributed by atoms with van der Waals surface area (Å²) < 4.78 is 16.9. The molecular weight excluding hydrogens is 558 g/mol. The summed E-state index contributed by atoms with van der Waals surface area (Å²) in [5.41, 5.74) is 0. The fraction of sp³-hybridized carbons (Fsp3) is 0.583. The van der Waals surface area contributed by atoms with Crippen LogP contribution in [0.5, 0.6) is 0 Å². The van der Waals surface area contributed by atoms with Gasteiger partial charge >= 0.3 is 17.9 Å². The largest absolute Gasteiger partial charge is 0.477 e. The smallest absolute Gasteiger partial charge is 0.362 e. The lowest BCUT2D eigenvalue weighted by molar-refractivity contribution is -0.887. The molecule has 0 aliphatic heterocycles. The molecule has 44 heavy (non-hydrogen) atoms. The number of hydrogen-bond donors (Lipinski definition) is 1. The van der Waals surface area contributed by atoms with Crippen LogP contribution in [0.1, 0.15) is 84.5 Å². The average Bonchev–Trinajstić information content (AvgIpc) is 2.96. The third-order valence-corrected chi connectivity index (χ3v) is 6.48. The van der Waals surface area contributed by atoms with Crippen molar-refractivity contribution in [2.24, 2.45) is 0 Å². The number of carbonyl (C=O) groups is 3. The first-order valence-corrected chi connectivity index (χ1v) is 16.0. The zero-order chi connectivity index (χ0) is 32.9. The summed E-state index contributed by atoms with van der Waals surface area (Å²) in [6, 6.07) is -0.632. The maximum Gasteiger partial charge on any atom is 0.362 e. The zero-order valence-corrected chi connectivity index (χ0v) is 27.8. The predicted molar refractivity (Wildman–Crippen MR) is 178 cm³/mol. The molecule has 0 saturated heterocycles. The lowest BCUT2D eigenvalue weighted by Crippen LogP contribution is -2.50. The van der Waals surface area contributed by atoms with Gasteiger partial charge in [0, 0.05) is 19.3 Å². The lowest BCUT2D eigenvalue weighted by Gasteiger charge is -2.31. The highest BCUT2D eigenvalue weighted by atomic mass is 16.6. The molecule has 0 aliphatic rings. The van der Waals surface area contributed by atoms with Gasteiger partial charge in [-0.15, -0.1) is 0 Å². The van der Waals surface area contributed by atoms with Gasteiger partial charge in [0.2, 0.25) is 0 Å². The Morgan fingerprint density at radius 1 is 0.705 bits per heavy atom. The Balaban J connectivity index is 4.71. The Morgan fingerprint density at radius 2 is 1.32 bits per heavy atom. The van der Waals surface area contributed by atoms with Gasteiger partial charge in [-0.1, -0.05) is 99.6 Å². The van der Waals surface area contributed by atoms with Gasteiger partial charge < -0.3 is 23.8 Å². The summed E-state index contributed by atoms with van der Waals surface area (Å²) in [6.45, 7) is 4.35. The van der Waals surface area contributed by atoms with Crippen LogP contribution in [0.4, 0.5) is 0 Å². The highest BCUT2D eigenvalue weighted by Gasteiger charge is 2.31. The molecule has 8 nitrogen and oxygen atoms in total.